The second kappa shape index (κ2) is 7.83. The SMILES string of the molecule is O=C(Nc1ccc(Nc2ccc(Cl)cc2Cl)nc1)C1CCOCC1. The molecule has 1 fully saturated rings. The van der Waals surface area contributed by atoms with Gasteiger partial charge in [0.15, 0.2) is 0 Å². The summed E-state index contributed by atoms with van der Waals surface area (Å²) in [6.07, 6.45) is 3.13. The number of ether oxygens (including phenoxy) is 1. The van der Waals surface area contributed by atoms with Crippen LogP contribution in [-0.4, -0.2) is 24.1 Å². The van der Waals surface area contributed by atoms with Crippen molar-refractivity contribution in [3.63, 3.8) is 0 Å². The van der Waals surface area contributed by atoms with Crippen LogP contribution >= 0.6 is 23.2 Å². The van der Waals surface area contributed by atoms with Crippen molar-refractivity contribution in [1.29, 1.82) is 0 Å². The zero-order valence-corrected chi connectivity index (χ0v) is 14.4. The van der Waals surface area contributed by atoms with Crippen molar-refractivity contribution in [2.75, 3.05) is 23.8 Å². The summed E-state index contributed by atoms with van der Waals surface area (Å²) >= 11 is 12.0. The first-order valence-electron chi connectivity index (χ1n) is 7.68. The maximum Gasteiger partial charge on any atom is 0.227 e. The third-order valence-electron chi connectivity index (χ3n) is 3.82. The van der Waals surface area contributed by atoms with Crippen molar-refractivity contribution in [1.82, 2.24) is 4.98 Å². The molecule has 1 aliphatic heterocycles. The summed E-state index contributed by atoms with van der Waals surface area (Å²) in [6.45, 7) is 1.28. The highest BCUT2D eigenvalue weighted by molar-refractivity contribution is 6.36. The van der Waals surface area contributed by atoms with Crippen molar-refractivity contribution < 1.29 is 9.53 Å². The van der Waals surface area contributed by atoms with Crippen LogP contribution in [0.4, 0.5) is 17.2 Å². The van der Waals surface area contributed by atoms with Gasteiger partial charge in [0.25, 0.3) is 0 Å². The standard InChI is InChI=1S/C17H17Cl2N3O2/c18-12-1-3-15(14(19)9-12)22-16-4-2-13(10-20-16)21-17(23)11-5-7-24-8-6-11/h1-4,9-11H,5-8H2,(H,20,22)(H,21,23). The molecule has 3 rings (SSSR count). The van der Waals surface area contributed by atoms with Gasteiger partial charge in [-0.25, -0.2) is 4.98 Å². The maximum atomic E-state index is 12.2. The van der Waals surface area contributed by atoms with E-state index < -0.39 is 0 Å². The van der Waals surface area contributed by atoms with Crippen molar-refractivity contribution in [3.8, 4) is 0 Å². The lowest BCUT2D eigenvalue weighted by Crippen LogP contribution is -2.28. The minimum atomic E-state index is 0.00410. The number of carbonyl (C=O) groups is 1. The van der Waals surface area contributed by atoms with Crippen LogP contribution in [0.25, 0.3) is 0 Å². The number of carbonyl (C=O) groups excluding carboxylic acids is 1. The van der Waals surface area contributed by atoms with Crippen molar-refractivity contribution in [2.45, 2.75) is 12.8 Å². The zero-order valence-electron chi connectivity index (χ0n) is 12.9. The molecule has 126 valence electrons. The number of nitrogens with zero attached hydrogens (tertiary/aromatic N) is 1. The Kier molecular flexibility index (Phi) is 5.56. The predicted octanol–water partition coefficient (Wildman–Crippen LogP) is 4.50. The monoisotopic (exact) mass is 365 g/mol. The number of aromatic nitrogens is 1. The van der Waals surface area contributed by atoms with Crippen LogP contribution in [0.5, 0.6) is 0 Å². The molecule has 1 aromatic carbocycles. The highest BCUT2D eigenvalue weighted by Crippen LogP contribution is 2.28. The van der Waals surface area contributed by atoms with Gasteiger partial charge in [0, 0.05) is 24.2 Å². The minimum absolute atomic E-state index is 0.00410. The van der Waals surface area contributed by atoms with E-state index in [-0.39, 0.29) is 11.8 Å². The molecule has 1 saturated heterocycles. The van der Waals surface area contributed by atoms with E-state index in [9.17, 15) is 4.79 Å². The van der Waals surface area contributed by atoms with E-state index in [1.807, 2.05) is 0 Å². The van der Waals surface area contributed by atoms with Gasteiger partial charge in [-0.1, -0.05) is 23.2 Å². The highest BCUT2D eigenvalue weighted by atomic mass is 35.5. The summed E-state index contributed by atoms with van der Waals surface area (Å²) in [7, 11) is 0. The van der Waals surface area contributed by atoms with Crippen LogP contribution in [0, 0.1) is 5.92 Å². The summed E-state index contributed by atoms with van der Waals surface area (Å²) in [5, 5.41) is 7.09. The van der Waals surface area contributed by atoms with E-state index in [2.05, 4.69) is 15.6 Å². The second-order valence-electron chi connectivity index (χ2n) is 5.56. The van der Waals surface area contributed by atoms with Gasteiger partial charge in [-0.15, -0.1) is 0 Å². The number of anilines is 3. The first-order valence-corrected chi connectivity index (χ1v) is 8.44. The fraction of sp³-hybridized carbons (Fsp3) is 0.294. The Morgan fingerprint density at radius 3 is 2.62 bits per heavy atom. The van der Waals surface area contributed by atoms with Crippen LogP contribution < -0.4 is 10.6 Å². The van der Waals surface area contributed by atoms with E-state index in [0.717, 1.165) is 12.8 Å². The number of hydrogen-bond donors (Lipinski definition) is 2. The lowest BCUT2D eigenvalue weighted by Gasteiger charge is -2.21. The third-order valence-corrected chi connectivity index (χ3v) is 4.36. The van der Waals surface area contributed by atoms with E-state index >= 15 is 0 Å². The lowest BCUT2D eigenvalue weighted by molar-refractivity contribution is -0.122. The van der Waals surface area contributed by atoms with Gasteiger partial charge in [0.1, 0.15) is 5.82 Å². The van der Waals surface area contributed by atoms with E-state index in [1.54, 1.807) is 36.5 Å². The fourth-order valence-electron chi connectivity index (χ4n) is 2.47. The van der Waals surface area contributed by atoms with Gasteiger partial charge >= 0.3 is 0 Å². The molecule has 24 heavy (non-hydrogen) atoms. The molecular weight excluding hydrogens is 349 g/mol. The van der Waals surface area contributed by atoms with Crippen molar-refractivity contribution >= 4 is 46.3 Å². The second-order valence-corrected chi connectivity index (χ2v) is 6.40. The molecule has 0 bridgehead atoms. The first kappa shape index (κ1) is 17.0. The lowest BCUT2D eigenvalue weighted by atomic mass is 9.99. The molecule has 2 N–H and O–H groups in total. The molecule has 1 aromatic heterocycles. The minimum Gasteiger partial charge on any atom is -0.381 e. The van der Waals surface area contributed by atoms with Gasteiger partial charge in [-0.05, 0) is 43.2 Å². The normalized spacial score (nSPS) is 15.1. The molecule has 2 heterocycles. The topological polar surface area (TPSA) is 63.2 Å². The van der Waals surface area contributed by atoms with Crippen LogP contribution in [0.2, 0.25) is 10.0 Å². The molecule has 1 amide bonds. The number of rotatable bonds is 4. The Morgan fingerprint density at radius 1 is 1.17 bits per heavy atom. The summed E-state index contributed by atoms with van der Waals surface area (Å²) in [5.74, 6) is 0.647. The summed E-state index contributed by atoms with van der Waals surface area (Å²) in [4.78, 5) is 16.5. The van der Waals surface area contributed by atoms with E-state index in [1.165, 1.54) is 0 Å². The van der Waals surface area contributed by atoms with Crippen LogP contribution in [0.1, 0.15) is 12.8 Å². The molecule has 0 unspecified atom stereocenters. The Hall–Kier alpha value is -1.82. The number of nitrogens with one attached hydrogen (secondary N) is 2. The predicted molar refractivity (Wildman–Crippen MR) is 96.2 cm³/mol. The number of benzene rings is 1. The van der Waals surface area contributed by atoms with Crippen molar-refractivity contribution in [2.24, 2.45) is 5.92 Å². The quantitative estimate of drug-likeness (QED) is 0.837. The van der Waals surface area contributed by atoms with Gasteiger partial charge in [0.05, 0.1) is 22.6 Å². The fourth-order valence-corrected chi connectivity index (χ4v) is 2.93. The van der Waals surface area contributed by atoms with E-state index in [0.29, 0.717) is 40.5 Å². The van der Waals surface area contributed by atoms with Gasteiger partial charge < -0.3 is 15.4 Å². The number of halogens is 2. The summed E-state index contributed by atoms with van der Waals surface area (Å²) in [6, 6.07) is 8.78. The molecule has 2 aromatic rings. The number of amides is 1. The highest BCUT2D eigenvalue weighted by Gasteiger charge is 2.21. The molecule has 0 radical (unpaired) electrons. The molecule has 0 spiro atoms. The maximum absolute atomic E-state index is 12.2. The van der Waals surface area contributed by atoms with Gasteiger partial charge in [-0.2, -0.15) is 0 Å². The molecule has 5 nitrogen and oxygen atoms in total. The largest absolute Gasteiger partial charge is 0.381 e. The smallest absolute Gasteiger partial charge is 0.227 e. The molecule has 7 heteroatoms. The molecular formula is C17H17Cl2N3O2. The molecule has 0 aliphatic carbocycles. The van der Waals surface area contributed by atoms with Gasteiger partial charge in [0.2, 0.25) is 5.91 Å². The van der Waals surface area contributed by atoms with Crippen molar-refractivity contribution in [3.05, 3.63) is 46.6 Å². The Morgan fingerprint density at radius 2 is 1.96 bits per heavy atom. The van der Waals surface area contributed by atoms with Crippen LogP contribution in [0.15, 0.2) is 36.5 Å². The molecule has 0 saturated carbocycles. The van der Waals surface area contributed by atoms with Crippen LogP contribution in [0.3, 0.4) is 0 Å². The summed E-state index contributed by atoms with van der Waals surface area (Å²) < 4.78 is 5.27. The summed E-state index contributed by atoms with van der Waals surface area (Å²) in [5.41, 5.74) is 1.38. The average molecular weight is 366 g/mol. The first-order chi connectivity index (χ1) is 11.6. The molecule has 1 aliphatic rings. The Labute approximate surface area is 150 Å². The van der Waals surface area contributed by atoms with Gasteiger partial charge in [-0.3, -0.25) is 4.79 Å². The Balaban J connectivity index is 1.61. The number of pyridine rings is 1. The zero-order chi connectivity index (χ0) is 16.9. The Bertz CT molecular complexity index is 716. The third kappa shape index (κ3) is 4.38. The molecule has 0 atom stereocenters. The number of hydrogen-bond acceptors (Lipinski definition) is 4. The average Bonchev–Trinajstić information content (AvgIpc) is 2.60. The van der Waals surface area contributed by atoms with Crippen LogP contribution in [-0.2, 0) is 9.53 Å². The van der Waals surface area contributed by atoms with E-state index in [4.69, 9.17) is 27.9 Å².